The minimum atomic E-state index is -3.79. The fraction of sp³-hybridized carbons (Fsp3) is 0.286. The molecule has 1 amide bonds. The van der Waals surface area contributed by atoms with E-state index in [0.717, 1.165) is 23.4 Å². The first-order valence-corrected chi connectivity index (χ1v) is 11.8. The van der Waals surface area contributed by atoms with Crippen molar-refractivity contribution in [3.8, 4) is 5.69 Å². The minimum absolute atomic E-state index is 0.0545. The topological polar surface area (TPSA) is 97.2 Å². The molecular weight excluding hydrogens is 457 g/mol. The van der Waals surface area contributed by atoms with Gasteiger partial charge in [-0.25, -0.2) is 22.5 Å². The van der Waals surface area contributed by atoms with Crippen molar-refractivity contribution in [3.05, 3.63) is 71.5 Å². The normalized spacial score (nSPS) is 15.6. The van der Waals surface area contributed by atoms with E-state index in [2.05, 4.69) is 15.4 Å². The number of halogens is 2. The second kappa shape index (κ2) is 9.35. The Bertz CT molecular complexity index is 1190. The predicted molar refractivity (Wildman–Crippen MR) is 116 cm³/mol. The molecule has 0 saturated carbocycles. The zero-order valence-electron chi connectivity index (χ0n) is 17.0. The maximum absolute atomic E-state index is 13.4. The van der Waals surface area contributed by atoms with Crippen molar-refractivity contribution in [1.82, 2.24) is 24.4 Å². The third-order valence-electron chi connectivity index (χ3n) is 5.44. The maximum atomic E-state index is 13.4. The Kier molecular flexibility index (Phi) is 6.54. The molecule has 1 saturated heterocycles. The summed E-state index contributed by atoms with van der Waals surface area (Å²) >= 11 is 5.73. The first-order chi connectivity index (χ1) is 15.3. The molecule has 8 nitrogen and oxygen atoms in total. The van der Waals surface area contributed by atoms with Gasteiger partial charge in [-0.2, -0.15) is 9.40 Å². The fourth-order valence-electron chi connectivity index (χ4n) is 3.59. The highest BCUT2D eigenvalue weighted by Gasteiger charge is 2.32. The number of carbonyl (C=O) groups excluding carboxylic acids is 1. The van der Waals surface area contributed by atoms with Crippen LogP contribution in [0.5, 0.6) is 0 Å². The standard InChI is InChI=1S/C21H21ClFN5O3S/c22-19-11-18(5-6-20(19)23)32(30,31)27-9-7-16(8-10-27)21(29)25-12-15-1-3-17(4-2-15)28-14-24-13-26-28/h1-6,11,13-14,16H,7-10,12H2,(H,25,29). The van der Waals surface area contributed by atoms with E-state index in [1.165, 1.54) is 16.7 Å². The third-order valence-corrected chi connectivity index (χ3v) is 7.62. The number of amides is 1. The first kappa shape index (κ1) is 22.4. The molecule has 168 valence electrons. The van der Waals surface area contributed by atoms with E-state index in [-0.39, 0.29) is 34.8 Å². The van der Waals surface area contributed by atoms with Gasteiger partial charge in [-0.15, -0.1) is 0 Å². The van der Waals surface area contributed by atoms with Crippen LogP contribution in [0.2, 0.25) is 5.02 Å². The van der Waals surface area contributed by atoms with E-state index in [4.69, 9.17) is 11.6 Å². The minimum Gasteiger partial charge on any atom is -0.352 e. The first-order valence-electron chi connectivity index (χ1n) is 10.0. The van der Waals surface area contributed by atoms with Crippen molar-refractivity contribution in [2.45, 2.75) is 24.3 Å². The number of piperidine rings is 1. The number of rotatable bonds is 6. The SMILES string of the molecule is O=C(NCc1ccc(-n2cncn2)cc1)C1CCN(S(=O)(=O)c2ccc(F)c(Cl)c2)CC1. The van der Waals surface area contributed by atoms with Crippen LogP contribution >= 0.6 is 11.6 Å². The molecule has 3 aromatic rings. The second-order valence-electron chi connectivity index (χ2n) is 7.48. The van der Waals surface area contributed by atoms with Crippen molar-refractivity contribution in [3.63, 3.8) is 0 Å². The van der Waals surface area contributed by atoms with Gasteiger partial charge >= 0.3 is 0 Å². The van der Waals surface area contributed by atoms with Gasteiger partial charge in [-0.05, 0) is 48.7 Å². The van der Waals surface area contributed by atoms with Crippen LogP contribution in [0.4, 0.5) is 4.39 Å². The largest absolute Gasteiger partial charge is 0.352 e. The van der Waals surface area contributed by atoms with Gasteiger partial charge in [0.1, 0.15) is 18.5 Å². The van der Waals surface area contributed by atoms with Gasteiger partial charge in [-0.1, -0.05) is 23.7 Å². The van der Waals surface area contributed by atoms with Crippen molar-refractivity contribution in [2.75, 3.05) is 13.1 Å². The molecule has 0 unspecified atom stereocenters. The highest BCUT2D eigenvalue weighted by Crippen LogP contribution is 2.26. The Labute approximate surface area is 190 Å². The Morgan fingerprint density at radius 2 is 1.88 bits per heavy atom. The lowest BCUT2D eigenvalue weighted by atomic mass is 9.97. The van der Waals surface area contributed by atoms with Crippen LogP contribution in [0.25, 0.3) is 5.69 Å². The van der Waals surface area contributed by atoms with Crippen LogP contribution in [0.15, 0.2) is 60.0 Å². The van der Waals surface area contributed by atoms with Crippen LogP contribution in [-0.2, 0) is 21.4 Å². The molecule has 0 spiro atoms. The summed E-state index contributed by atoms with van der Waals surface area (Å²) < 4.78 is 41.9. The Hall–Kier alpha value is -2.82. The van der Waals surface area contributed by atoms with Crippen LogP contribution in [0, 0.1) is 11.7 Å². The average Bonchev–Trinajstić information content (AvgIpc) is 3.34. The van der Waals surface area contributed by atoms with Gasteiger partial charge in [0.2, 0.25) is 15.9 Å². The highest BCUT2D eigenvalue weighted by molar-refractivity contribution is 7.89. The lowest BCUT2D eigenvalue weighted by molar-refractivity contribution is -0.126. The van der Waals surface area contributed by atoms with Crippen molar-refractivity contribution in [2.24, 2.45) is 5.92 Å². The molecule has 11 heteroatoms. The molecule has 4 rings (SSSR count). The van der Waals surface area contributed by atoms with Crippen molar-refractivity contribution >= 4 is 27.5 Å². The zero-order chi connectivity index (χ0) is 22.7. The quantitative estimate of drug-likeness (QED) is 0.588. The number of benzene rings is 2. The Balaban J connectivity index is 1.30. The van der Waals surface area contributed by atoms with Gasteiger partial charge in [-0.3, -0.25) is 4.79 Å². The molecule has 0 aliphatic carbocycles. The number of aromatic nitrogens is 3. The molecule has 0 radical (unpaired) electrons. The molecule has 1 aliphatic heterocycles. The van der Waals surface area contributed by atoms with Gasteiger partial charge < -0.3 is 5.32 Å². The Morgan fingerprint density at radius 1 is 1.16 bits per heavy atom. The van der Waals surface area contributed by atoms with E-state index in [9.17, 15) is 17.6 Å². The molecule has 1 aromatic heterocycles. The van der Waals surface area contributed by atoms with E-state index in [1.807, 2.05) is 24.3 Å². The van der Waals surface area contributed by atoms with Crippen molar-refractivity contribution in [1.29, 1.82) is 0 Å². The smallest absolute Gasteiger partial charge is 0.243 e. The van der Waals surface area contributed by atoms with Crippen molar-refractivity contribution < 1.29 is 17.6 Å². The number of carbonyl (C=O) groups is 1. The second-order valence-corrected chi connectivity index (χ2v) is 9.82. The molecule has 32 heavy (non-hydrogen) atoms. The summed E-state index contributed by atoms with van der Waals surface area (Å²) in [6.45, 7) is 0.799. The lowest BCUT2D eigenvalue weighted by Gasteiger charge is -2.30. The fourth-order valence-corrected chi connectivity index (χ4v) is 5.33. The van der Waals surface area contributed by atoms with Gasteiger partial charge in [0, 0.05) is 25.6 Å². The maximum Gasteiger partial charge on any atom is 0.243 e. The number of hydrogen-bond acceptors (Lipinski definition) is 5. The van der Waals surface area contributed by atoms with Crippen LogP contribution in [0.3, 0.4) is 0 Å². The van der Waals surface area contributed by atoms with Gasteiger partial charge in [0.05, 0.1) is 15.6 Å². The summed E-state index contributed by atoms with van der Waals surface area (Å²) in [5.41, 5.74) is 1.81. The van der Waals surface area contributed by atoms with E-state index in [0.29, 0.717) is 19.4 Å². The van der Waals surface area contributed by atoms with Gasteiger partial charge in [0.15, 0.2) is 0 Å². The van der Waals surface area contributed by atoms with Crippen LogP contribution in [-0.4, -0.2) is 46.5 Å². The molecule has 1 fully saturated rings. The molecule has 1 N–H and O–H groups in total. The number of sulfonamides is 1. The number of hydrogen-bond donors (Lipinski definition) is 1. The van der Waals surface area contributed by atoms with E-state index >= 15 is 0 Å². The van der Waals surface area contributed by atoms with Gasteiger partial charge in [0.25, 0.3) is 0 Å². The summed E-state index contributed by atoms with van der Waals surface area (Å²) in [5.74, 6) is -1.05. The average molecular weight is 478 g/mol. The van der Waals surface area contributed by atoms with Crippen LogP contribution in [0.1, 0.15) is 18.4 Å². The molecule has 2 aromatic carbocycles. The zero-order valence-corrected chi connectivity index (χ0v) is 18.6. The third kappa shape index (κ3) is 4.82. The molecule has 0 bridgehead atoms. The molecule has 2 heterocycles. The molecule has 1 aliphatic rings. The molecule has 0 atom stereocenters. The summed E-state index contributed by atoms with van der Waals surface area (Å²) in [6.07, 6.45) is 3.88. The number of nitrogens with zero attached hydrogens (tertiary/aromatic N) is 4. The summed E-state index contributed by atoms with van der Waals surface area (Å²) in [5, 5.41) is 6.75. The van der Waals surface area contributed by atoms with Crippen LogP contribution < -0.4 is 5.32 Å². The van der Waals surface area contributed by atoms with E-state index in [1.54, 1.807) is 11.0 Å². The number of nitrogens with one attached hydrogen (secondary N) is 1. The monoisotopic (exact) mass is 477 g/mol. The van der Waals surface area contributed by atoms with E-state index < -0.39 is 15.8 Å². The summed E-state index contributed by atoms with van der Waals surface area (Å²) in [6, 6.07) is 10.9. The summed E-state index contributed by atoms with van der Waals surface area (Å²) in [7, 11) is -3.79. The summed E-state index contributed by atoms with van der Waals surface area (Å²) in [4.78, 5) is 16.4. The molecular formula is C21H21ClFN5O3S. The highest BCUT2D eigenvalue weighted by atomic mass is 35.5. The Morgan fingerprint density at radius 3 is 2.50 bits per heavy atom. The lowest BCUT2D eigenvalue weighted by Crippen LogP contribution is -2.42. The predicted octanol–water partition coefficient (Wildman–Crippen LogP) is 2.78.